The molecule has 0 aliphatic heterocycles. The fraction of sp³-hybridized carbons (Fsp3) is 0.258. The summed E-state index contributed by atoms with van der Waals surface area (Å²) in [5.41, 5.74) is 3.53. The molecule has 1 N–H and O–H groups in total. The number of nitrogens with zero attached hydrogens (tertiary/aromatic N) is 1. The number of sulfone groups is 1. The summed E-state index contributed by atoms with van der Waals surface area (Å²) in [5.74, 6) is -3.18. The second-order valence-electron chi connectivity index (χ2n) is 10.5. The fourth-order valence-electron chi connectivity index (χ4n) is 4.93. The number of halogens is 3. The lowest BCUT2D eigenvalue weighted by atomic mass is 10.0. The summed E-state index contributed by atoms with van der Waals surface area (Å²) in [4.78, 5) is 10.9. The van der Waals surface area contributed by atoms with Crippen molar-refractivity contribution in [3.8, 4) is 11.1 Å². The summed E-state index contributed by atoms with van der Waals surface area (Å²) >= 11 is 0. The van der Waals surface area contributed by atoms with Crippen molar-refractivity contribution in [2.45, 2.75) is 56.2 Å². The van der Waals surface area contributed by atoms with Gasteiger partial charge < -0.3 is 9.52 Å². The molecular formula is C31H30F3NO7S2. The van der Waals surface area contributed by atoms with Gasteiger partial charge in [0.15, 0.2) is 9.84 Å². The number of benzene rings is 3. The van der Waals surface area contributed by atoms with Crippen LogP contribution in [0.25, 0.3) is 11.1 Å². The highest BCUT2D eigenvalue weighted by Gasteiger charge is 2.36. The van der Waals surface area contributed by atoms with Gasteiger partial charge in [-0.1, -0.05) is 54.1 Å². The number of hydrogen-bond donors (Lipinski definition) is 1. The lowest BCUT2D eigenvalue weighted by Gasteiger charge is -2.24. The van der Waals surface area contributed by atoms with Crippen molar-refractivity contribution in [1.82, 2.24) is 4.31 Å². The van der Waals surface area contributed by atoms with Crippen molar-refractivity contribution in [3.05, 3.63) is 107 Å². The summed E-state index contributed by atoms with van der Waals surface area (Å²) in [6.07, 6.45) is -5.26. The second kappa shape index (κ2) is 12.6. The van der Waals surface area contributed by atoms with Crippen LogP contribution in [-0.2, 0) is 43.9 Å². The molecular weight excluding hydrogens is 619 g/mol. The lowest BCUT2D eigenvalue weighted by Crippen LogP contribution is -2.31. The van der Waals surface area contributed by atoms with Crippen LogP contribution in [0.15, 0.2) is 87.0 Å². The molecule has 0 radical (unpaired) electrons. The van der Waals surface area contributed by atoms with Crippen molar-refractivity contribution >= 4 is 25.8 Å². The smallest absolute Gasteiger partial charge is 0.449 e. The Balaban J connectivity index is 1.67. The van der Waals surface area contributed by atoms with Gasteiger partial charge in [0.25, 0.3) is 0 Å². The summed E-state index contributed by atoms with van der Waals surface area (Å²) < 4.78 is 98.7. The Labute approximate surface area is 253 Å². The van der Waals surface area contributed by atoms with Crippen molar-refractivity contribution < 1.29 is 44.3 Å². The molecule has 44 heavy (non-hydrogen) atoms. The molecule has 0 bridgehead atoms. The Morgan fingerprint density at radius 3 is 2.05 bits per heavy atom. The number of alkyl halides is 3. The first-order chi connectivity index (χ1) is 20.5. The van der Waals surface area contributed by atoms with Crippen LogP contribution in [0.5, 0.6) is 0 Å². The number of furan rings is 1. The van der Waals surface area contributed by atoms with Crippen LogP contribution in [0.1, 0.15) is 40.2 Å². The number of hydrogen-bond acceptors (Lipinski definition) is 6. The predicted molar refractivity (Wildman–Crippen MR) is 157 cm³/mol. The monoisotopic (exact) mass is 649 g/mol. The van der Waals surface area contributed by atoms with E-state index in [0.29, 0.717) is 27.8 Å². The predicted octanol–water partition coefficient (Wildman–Crippen LogP) is 6.53. The minimum Gasteiger partial charge on any atom is -0.481 e. The summed E-state index contributed by atoms with van der Waals surface area (Å²) in [7, 11) is -8.05. The van der Waals surface area contributed by atoms with E-state index in [2.05, 4.69) is 0 Å². The fourth-order valence-corrected chi connectivity index (χ4v) is 8.01. The maximum Gasteiger partial charge on any atom is 0.449 e. The zero-order valence-corrected chi connectivity index (χ0v) is 25.7. The first kappa shape index (κ1) is 33.0. The first-order valence-electron chi connectivity index (χ1n) is 13.4. The maximum absolute atomic E-state index is 14.0. The Bertz CT molecular complexity index is 1870. The number of aryl methyl sites for hydroxylation is 3. The van der Waals surface area contributed by atoms with Crippen LogP contribution in [0.4, 0.5) is 13.2 Å². The summed E-state index contributed by atoms with van der Waals surface area (Å²) in [5, 5.41) is 8.86. The molecule has 0 fully saturated rings. The average molecular weight is 650 g/mol. The van der Waals surface area contributed by atoms with Gasteiger partial charge in [0.05, 0.1) is 28.5 Å². The van der Waals surface area contributed by atoms with Gasteiger partial charge in [-0.25, -0.2) is 16.8 Å². The lowest BCUT2D eigenvalue weighted by molar-refractivity contribution is -0.153. The van der Waals surface area contributed by atoms with Crippen LogP contribution in [0, 0.1) is 20.8 Å². The Morgan fingerprint density at radius 2 is 1.48 bits per heavy atom. The third kappa shape index (κ3) is 7.58. The van der Waals surface area contributed by atoms with E-state index in [-0.39, 0.29) is 22.1 Å². The normalized spacial score (nSPS) is 12.5. The summed E-state index contributed by atoms with van der Waals surface area (Å²) in [6.45, 7) is 4.50. The molecule has 4 rings (SSSR count). The van der Waals surface area contributed by atoms with Gasteiger partial charge in [0, 0.05) is 6.54 Å². The van der Waals surface area contributed by atoms with Crippen LogP contribution in [0.3, 0.4) is 0 Å². The number of sulfonamides is 1. The number of carboxylic acid groups (broad SMARTS) is 1. The third-order valence-electron chi connectivity index (χ3n) is 6.90. The minimum atomic E-state index is -4.73. The zero-order valence-electron chi connectivity index (χ0n) is 24.1. The van der Waals surface area contributed by atoms with Gasteiger partial charge in [-0.3, -0.25) is 4.79 Å². The largest absolute Gasteiger partial charge is 0.481 e. The maximum atomic E-state index is 14.0. The molecule has 1 heterocycles. The van der Waals surface area contributed by atoms with Crippen LogP contribution >= 0.6 is 0 Å². The molecule has 4 aromatic rings. The standard InChI is InChI=1S/C31H30F3NO7S2/c1-20-15-21(2)30(22(3)16-20)44(40,41)35(19-26-11-12-28(42-26)31(32,33)34)18-23-7-9-24(10-8-23)25-5-4-6-27(17-25)43(38,39)14-13-29(36)37/h4-12,15-17H,13-14,18-19H2,1-3H3,(H,36,37). The highest BCUT2D eigenvalue weighted by atomic mass is 32.2. The Morgan fingerprint density at radius 1 is 0.841 bits per heavy atom. The summed E-state index contributed by atoms with van der Waals surface area (Å²) in [6, 6.07) is 17.9. The number of carboxylic acids is 1. The van der Waals surface area contributed by atoms with E-state index in [4.69, 9.17) is 9.52 Å². The third-order valence-corrected chi connectivity index (χ3v) is 10.7. The molecule has 13 heteroatoms. The molecule has 1 aromatic heterocycles. The van der Waals surface area contributed by atoms with Gasteiger partial charge in [0.2, 0.25) is 15.8 Å². The first-order valence-corrected chi connectivity index (χ1v) is 16.4. The van der Waals surface area contributed by atoms with Crippen LogP contribution in [0.2, 0.25) is 0 Å². The zero-order chi connectivity index (χ0) is 32.4. The molecule has 0 spiro atoms. The van der Waals surface area contributed by atoms with Gasteiger partial charge >= 0.3 is 12.1 Å². The second-order valence-corrected chi connectivity index (χ2v) is 14.4. The van der Waals surface area contributed by atoms with E-state index >= 15 is 0 Å². The molecule has 3 aromatic carbocycles. The number of carbonyl (C=O) groups is 1. The Kier molecular flexibility index (Phi) is 9.43. The van der Waals surface area contributed by atoms with Crippen LogP contribution < -0.4 is 0 Å². The van der Waals surface area contributed by atoms with Crippen molar-refractivity contribution in [3.63, 3.8) is 0 Å². The molecule has 8 nitrogen and oxygen atoms in total. The molecule has 0 saturated heterocycles. The molecule has 0 unspecified atom stereocenters. The van der Waals surface area contributed by atoms with E-state index in [1.54, 1.807) is 56.3 Å². The van der Waals surface area contributed by atoms with Gasteiger partial charge in [-0.15, -0.1) is 0 Å². The average Bonchev–Trinajstić information content (AvgIpc) is 3.41. The van der Waals surface area contributed by atoms with Gasteiger partial charge in [-0.05, 0) is 72.9 Å². The topological polar surface area (TPSA) is 122 Å². The molecule has 0 saturated carbocycles. The quantitative estimate of drug-likeness (QED) is 0.196. The minimum absolute atomic E-state index is 0.0295. The Hall–Kier alpha value is -3.94. The molecule has 234 valence electrons. The number of rotatable bonds is 11. The molecule has 0 aliphatic rings. The van der Waals surface area contributed by atoms with Crippen molar-refractivity contribution in [2.24, 2.45) is 0 Å². The van der Waals surface area contributed by atoms with E-state index in [1.165, 1.54) is 18.2 Å². The van der Waals surface area contributed by atoms with E-state index in [0.717, 1.165) is 22.0 Å². The molecule has 0 atom stereocenters. The highest BCUT2D eigenvalue weighted by molar-refractivity contribution is 7.91. The molecule has 0 amide bonds. The van der Waals surface area contributed by atoms with E-state index in [9.17, 15) is 34.8 Å². The van der Waals surface area contributed by atoms with Gasteiger partial charge in [0.1, 0.15) is 5.76 Å². The van der Waals surface area contributed by atoms with Crippen molar-refractivity contribution in [1.29, 1.82) is 0 Å². The van der Waals surface area contributed by atoms with Crippen LogP contribution in [-0.4, -0.2) is 38.0 Å². The van der Waals surface area contributed by atoms with Gasteiger partial charge in [-0.2, -0.15) is 17.5 Å². The van der Waals surface area contributed by atoms with E-state index in [1.807, 2.05) is 6.92 Å². The number of aliphatic carboxylic acids is 1. The van der Waals surface area contributed by atoms with E-state index < -0.39 is 56.5 Å². The molecule has 0 aliphatic carbocycles. The highest BCUT2D eigenvalue weighted by Crippen LogP contribution is 2.33. The van der Waals surface area contributed by atoms with Crippen molar-refractivity contribution in [2.75, 3.05) is 5.75 Å². The SMILES string of the molecule is Cc1cc(C)c(S(=O)(=O)N(Cc2ccc(-c3cccc(S(=O)(=O)CCC(=O)O)c3)cc2)Cc2ccc(C(F)(F)F)o2)c(C)c1.